The lowest BCUT2D eigenvalue weighted by atomic mass is 9.93. The van der Waals surface area contributed by atoms with Crippen LogP contribution in [0.3, 0.4) is 0 Å². The van der Waals surface area contributed by atoms with Crippen molar-refractivity contribution in [3.63, 3.8) is 0 Å². The Morgan fingerprint density at radius 2 is 2.06 bits per heavy atom. The Balaban J connectivity index is 3.82. The van der Waals surface area contributed by atoms with E-state index in [2.05, 4.69) is 19.6 Å². The Morgan fingerprint density at radius 3 is 2.50 bits per heavy atom. The molecule has 1 N–H and O–H groups in total. The Labute approximate surface area is 109 Å². The van der Waals surface area contributed by atoms with Crippen LogP contribution >= 0.6 is 24.8 Å². The Morgan fingerprint density at radius 1 is 1.44 bits per heavy atom. The third-order valence-corrected chi connectivity index (χ3v) is 3.32. The quantitative estimate of drug-likeness (QED) is 0.378. The van der Waals surface area contributed by atoms with Gasteiger partial charge in [0.1, 0.15) is 0 Å². The number of thiocarbonyl (C=S) groups is 1. The minimum atomic E-state index is -0.709. The van der Waals surface area contributed by atoms with Gasteiger partial charge in [-0.2, -0.15) is 12.6 Å². The summed E-state index contributed by atoms with van der Waals surface area (Å²) in [5.74, 6) is -0.252. The molecule has 0 heterocycles. The highest BCUT2D eigenvalue weighted by molar-refractivity contribution is 7.82. The fraction of sp³-hybridized carbons (Fsp3) is 0.833. The van der Waals surface area contributed by atoms with Gasteiger partial charge in [0.05, 0.1) is 0 Å². The standard InChI is InChI=1S/C12H22O2S2/c1-3-10(11(16)8-9(2)15)6-4-5-7-12(13)14/h9-10,15H,3-8H2,1-2H3,(H,13,14). The summed E-state index contributed by atoms with van der Waals surface area (Å²) in [6, 6.07) is 0. The smallest absolute Gasteiger partial charge is 0.303 e. The van der Waals surface area contributed by atoms with Crippen LogP contribution in [0.5, 0.6) is 0 Å². The third kappa shape index (κ3) is 8.11. The summed E-state index contributed by atoms with van der Waals surface area (Å²) in [5, 5.41) is 8.85. The van der Waals surface area contributed by atoms with Crippen molar-refractivity contribution in [2.75, 3.05) is 0 Å². The van der Waals surface area contributed by atoms with Crippen LogP contribution in [0.4, 0.5) is 0 Å². The van der Waals surface area contributed by atoms with E-state index in [1.807, 2.05) is 6.92 Å². The molecule has 0 aliphatic heterocycles. The maximum absolute atomic E-state index is 10.4. The molecular weight excluding hydrogens is 240 g/mol. The molecule has 0 aromatic carbocycles. The molecule has 2 atom stereocenters. The van der Waals surface area contributed by atoms with Crippen molar-refractivity contribution in [2.24, 2.45) is 5.92 Å². The molecule has 0 aliphatic rings. The summed E-state index contributed by atoms with van der Waals surface area (Å²) < 4.78 is 0. The second-order valence-electron chi connectivity index (χ2n) is 4.26. The van der Waals surface area contributed by atoms with Crippen molar-refractivity contribution in [3.05, 3.63) is 0 Å². The molecule has 0 amide bonds. The van der Waals surface area contributed by atoms with Gasteiger partial charge in [-0.25, -0.2) is 0 Å². The van der Waals surface area contributed by atoms with E-state index in [1.54, 1.807) is 0 Å². The largest absolute Gasteiger partial charge is 0.481 e. The summed E-state index contributed by atoms with van der Waals surface area (Å²) in [6.07, 6.45) is 4.92. The molecule has 2 nitrogen and oxygen atoms in total. The van der Waals surface area contributed by atoms with E-state index < -0.39 is 5.97 Å². The minimum Gasteiger partial charge on any atom is -0.481 e. The first-order valence-corrected chi connectivity index (χ1v) is 6.82. The predicted molar refractivity (Wildman–Crippen MR) is 75.5 cm³/mol. The number of aliphatic carboxylic acids is 1. The molecular formula is C12H22O2S2. The van der Waals surface area contributed by atoms with E-state index in [0.717, 1.165) is 37.0 Å². The average molecular weight is 262 g/mol. The molecule has 0 aliphatic carbocycles. The van der Waals surface area contributed by atoms with Crippen molar-refractivity contribution in [2.45, 2.75) is 57.6 Å². The highest BCUT2D eigenvalue weighted by Crippen LogP contribution is 2.19. The average Bonchev–Trinajstić information content (AvgIpc) is 2.16. The number of rotatable bonds is 9. The lowest BCUT2D eigenvalue weighted by Gasteiger charge is -2.17. The molecule has 0 bridgehead atoms. The van der Waals surface area contributed by atoms with Crippen LogP contribution in [0.1, 0.15) is 52.4 Å². The zero-order chi connectivity index (χ0) is 12.6. The fourth-order valence-electron chi connectivity index (χ4n) is 1.72. The number of carboxylic acid groups (broad SMARTS) is 1. The van der Waals surface area contributed by atoms with Crippen LogP contribution in [0.15, 0.2) is 0 Å². The summed E-state index contributed by atoms with van der Waals surface area (Å²) in [7, 11) is 0. The first kappa shape index (κ1) is 15.9. The predicted octanol–water partition coefficient (Wildman–Crippen LogP) is 3.74. The maximum Gasteiger partial charge on any atom is 0.303 e. The zero-order valence-corrected chi connectivity index (χ0v) is 11.8. The molecule has 0 fully saturated rings. The van der Waals surface area contributed by atoms with Gasteiger partial charge >= 0.3 is 5.97 Å². The highest BCUT2D eigenvalue weighted by atomic mass is 32.1. The lowest BCUT2D eigenvalue weighted by molar-refractivity contribution is -0.137. The van der Waals surface area contributed by atoms with Crippen molar-refractivity contribution < 1.29 is 9.90 Å². The number of thiol groups is 1. The molecule has 0 aromatic rings. The van der Waals surface area contributed by atoms with Crippen LogP contribution in [-0.2, 0) is 4.79 Å². The van der Waals surface area contributed by atoms with Gasteiger partial charge in [0, 0.05) is 11.7 Å². The van der Waals surface area contributed by atoms with E-state index in [-0.39, 0.29) is 6.42 Å². The SMILES string of the molecule is CCC(CCCCC(=O)O)C(=S)CC(C)S. The van der Waals surface area contributed by atoms with Gasteiger partial charge in [-0.05, 0) is 36.5 Å². The molecule has 0 rings (SSSR count). The zero-order valence-electron chi connectivity index (χ0n) is 10.1. The number of hydrogen-bond donors (Lipinski definition) is 2. The van der Waals surface area contributed by atoms with Crippen LogP contribution < -0.4 is 0 Å². The molecule has 0 radical (unpaired) electrons. The van der Waals surface area contributed by atoms with Crippen LogP contribution in [-0.4, -0.2) is 21.2 Å². The number of unbranched alkanes of at least 4 members (excludes halogenated alkanes) is 1. The molecule has 94 valence electrons. The van der Waals surface area contributed by atoms with Gasteiger partial charge in [-0.1, -0.05) is 32.5 Å². The van der Waals surface area contributed by atoms with Crippen molar-refractivity contribution in [3.8, 4) is 0 Å². The van der Waals surface area contributed by atoms with E-state index >= 15 is 0 Å². The van der Waals surface area contributed by atoms with Gasteiger partial charge in [0.15, 0.2) is 0 Å². The third-order valence-electron chi connectivity index (χ3n) is 2.64. The summed E-state index contributed by atoms with van der Waals surface area (Å²) in [4.78, 5) is 11.5. The summed E-state index contributed by atoms with van der Waals surface area (Å²) in [6.45, 7) is 4.18. The first-order valence-electron chi connectivity index (χ1n) is 5.90. The van der Waals surface area contributed by atoms with Crippen molar-refractivity contribution >= 4 is 35.7 Å². The molecule has 4 heteroatoms. The Kier molecular flexibility index (Phi) is 8.94. The molecule has 0 saturated heterocycles. The molecule has 16 heavy (non-hydrogen) atoms. The summed E-state index contributed by atoms with van der Waals surface area (Å²) in [5.41, 5.74) is 0. The van der Waals surface area contributed by atoms with E-state index in [1.165, 1.54) is 0 Å². The second-order valence-corrected chi connectivity index (χ2v) is 5.67. The van der Waals surface area contributed by atoms with Crippen molar-refractivity contribution in [1.29, 1.82) is 0 Å². The molecule has 0 spiro atoms. The Hall–Kier alpha value is -0.0900. The minimum absolute atomic E-state index is 0.270. The topological polar surface area (TPSA) is 37.3 Å². The molecule has 0 saturated carbocycles. The monoisotopic (exact) mass is 262 g/mol. The van der Waals surface area contributed by atoms with E-state index in [9.17, 15) is 4.79 Å². The molecule has 0 aromatic heterocycles. The first-order chi connectivity index (χ1) is 7.47. The van der Waals surface area contributed by atoms with Gasteiger partial charge in [0.2, 0.25) is 0 Å². The normalized spacial score (nSPS) is 14.4. The van der Waals surface area contributed by atoms with Crippen molar-refractivity contribution in [1.82, 2.24) is 0 Å². The van der Waals surface area contributed by atoms with Gasteiger partial charge in [-0.3, -0.25) is 4.79 Å². The summed E-state index contributed by atoms with van der Waals surface area (Å²) >= 11 is 9.73. The van der Waals surface area contributed by atoms with E-state index in [4.69, 9.17) is 17.3 Å². The van der Waals surface area contributed by atoms with Gasteiger partial charge in [0.25, 0.3) is 0 Å². The molecule has 2 unspecified atom stereocenters. The van der Waals surface area contributed by atoms with Crippen LogP contribution in [0.2, 0.25) is 0 Å². The highest BCUT2D eigenvalue weighted by Gasteiger charge is 2.13. The van der Waals surface area contributed by atoms with Gasteiger partial charge < -0.3 is 5.11 Å². The number of hydrogen-bond acceptors (Lipinski definition) is 3. The second kappa shape index (κ2) is 8.99. The van der Waals surface area contributed by atoms with Crippen LogP contribution in [0.25, 0.3) is 0 Å². The maximum atomic E-state index is 10.4. The number of carbonyl (C=O) groups is 1. The van der Waals surface area contributed by atoms with Crippen LogP contribution in [0, 0.1) is 5.92 Å². The van der Waals surface area contributed by atoms with Gasteiger partial charge in [-0.15, -0.1) is 0 Å². The van der Waals surface area contributed by atoms with E-state index in [0.29, 0.717) is 11.2 Å². The Bertz CT molecular complexity index is 227. The number of carboxylic acids is 1. The lowest BCUT2D eigenvalue weighted by Crippen LogP contribution is -2.15. The fourth-order valence-corrected chi connectivity index (χ4v) is 2.57.